The zero-order valence-corrected chi connectivity index (χ0v) is 20.2. The minimum absolute atomic E-state index is 0.115. The Morgan fingerprint density at radius 3 is 2.21 bits per heavy atom. The molecule has 0 unspecified atom stereocenters. The molecule has 1 N–H and O–H groups in total. The summed E-state index contributed by atoms with van der Waals surface area (Å²) < 4.78 is 10.5. The molecule has 1 aliphatic heterocycles. The smallest absolute Gasteiger partial charge is 0.258 e. The molecule has 0 saturated carbocycles. The summed E-state index contributed by atoms with van der Waals surface area (Å²) in [6.07, 6.45) is 2.64. The average molecular weight is 463 g/mol. The van der Waals surface area contributed by atoms with Crippen LogP contribution in [-0.4, -0.2) is 63.4 Å². The van der Waals surface area contributed by atoms with E-state index in [2.05, 4.69) is 17.0 Å². The Labute approximate surface area is 202 Å². The van der Waals surface area contributed by atoms with E-state index < -0.39 is 0 Å². The minimum Gasteiger partial charge on any atom is -0.493 e. The van der Waals surface area contributed by atoms with Gasteiger partial charge >= 0.3 is 0 Å². The van der Waals surface area contributed by atoms with Crippen LogP contribution >= 0.6 is 0 Å². The number of aliphatic hydroxyl groups is 1. The molecule has 1 heterocycles. The van der Waals surface area contributed by atoms with Gasteiger partial charge in [-0.3, -0.25) is 4.79 Å². The molecule has 1 amide bonds. The summed E-state index contributed by atoms with van der Waals surface area (Å²) in [5.41, 5.74) is 3.54. The third-order valence-electron chi connectivity index (χ3n) is 5.89. The second kappa shape index (κ2) is 12.8. The third-order valence-corrected chi connectivity index (χ3v) is 5.89. The van der Waals surface area contributed by atoms with E-state index in [-0.39, 0.29) is 5.91 Å². The van der Waals surface area contributed by atoms with E-state index in [9.17, 15) is 4.79 Å². The van der Waals surface area contributed by atoms with Crippen LogP contribution in [-0.2, 0) is 0 Å². The summed E-state index contributed by atoms with van der Waals surface area (Å²) in [6, 6.07) is 23.2. The molecule has 1 aliphatic rings. The lowest BCUT2D eigenvalue weighted by Crippen LogP contribution is -2.26. The number of carbonyl (C=O) groups excluding carboxylic acids is 1. The second-order valence-electron chi connectivity index (χ2n) is 8.12. The lowest BCUT2D eigenvalue weighted by atomic mass is 10.0. The first-order chi connectivity index (χ1) is 16.6. The van der Waals surface area contributed by atoms with Crippen molar-refractivity contribution in [1.82, 2.24) is 4.90 Å². The van der Waals surface area contributed by atoms with Crippen LogP contribution in [0, 0.1) is 0 Å². The first kappa shape index (κ1) is 25.3. The lowest BCUT2D eigenvalue weighted by Gasteiger charge is -2.19. The standard InChI is InChI=1S/C22H21NO3.C6H13NO/c1-23(22(24)18-12-13-20(25-2)21(15-18)26-3)19-11-7-10-17(14-19)16-8-5-4-6-9-16;8-6-5-7-3-1-2-4-7/h4-15H,1-3H3;8H,1-6H2. The zero-order valence-electron chi connectivity index (χ0n) is 20.2. The lowest BCUT2D eigenvalue weighted by molar-refractivity contribution is 0.0992. The molecular weight excluding hydrogens is 428 g/mol. The third kappa shape index (κ3) is 6.59. The first-order valence-corrected chi connectivity index (χ1v) is 11.6. The number of likely N-dealkylation sites (tertiary alicyclic amines) is 1. The summed E-state index contributed by atoms with van der Waals surface area (Å²) in [5.74, 6) is 1.01. The number of anilines is 1. The van der Waals surface area contributed by atoms with E-state index in [1.54, 1.807) is 44.4 Å². The molecule has 3 aromatic carbocycles. The Hall–Kier alpha value is -3.35. The largest absolute Gasteiger partial charge is 0.493 e. The molecule has 6 nitrogen and oxygen atoms in total. The zero-order chi connectivity index (χ0) is 24.3. The van der Waals surface area contributed by atoms with Crippen LogP contribution < -0.4 is 14.4 Å². The molecule has 0 bridgehead atoms. The molecule has 1 fully saturated rings. The normalized spacial score (nSPS) is 13.1. The SMILES string of the molecule is COc1ccc(C(=O)N(C)c2cccc(-c3ccccc3)c2)cc1OC.OCCN1CCCC1. The van der Waals surface area contributed by atoms with Crippen molar-refractivity contribution in [2.45, 2.75) is 12.8 Å². The van der Waals surface area contributed by atoms with Gasteiger partial charge in [0.25, 0.3) is 5.91 Å². The van der Waals surface area contributed by atoms with Crippen LogP contribution in [0.5, 0.6) is 11.5 Å². The Morgan fingerprint density at radius 2 is 1.56 bits per heavy atom. The molecule has 1 saturated heterocycles. The summed E-state index contributed by atoms with van der Waals surface area (Å²) in [6.45, 7) is 3.58. The van der Waals surface area contributed by atoms with Crippen LogP contribution in [0.2, 0.25) is 0 Å². The predicted molar refractivity (Wildman–Crippen MR) is 137 cm³/mol. The maximum atomic E-state index is 12.9. The number of nitrogens with zero attached hydrogens (tertiary/aromatic N) is 2. The van der Waals surface area contributed by atoms with Gasteiger partial charge in [-0.15, -0.1) is 0 Å². The maximum Gasteiger partial charge on any atom is 0.258 e. The fraction of sp³-hybridized carbons (Fsp3) is 0.321. The molecule has 0 spiro atoms. The van der Waals surface area contributed by atoms with Crippen molar-refractivity contribution < 1.29 is 19.4 Å². The maximum absolute atomic E-state index is 12.9. The van der Waals surface area contributed by atoms with E-state index in [4.69, 9.17) is 14.6 Å². The predicted octanol–water partition coefficient (Wildman–Crippen LogP) is 4.72. The van der Waals surface area contributed by atoms with Gasteiger partial charge in [0.1, 0.15) is 0 Å². The molecule has 0 aliphatic carbocycles. The molecule has 180 valence electrons. The average Bonchev–Trinajstić information content (AvgIpc) is 3.42. The highest BCUT2D eigenvalue weighted by atomic mass is 16.5. The fourth-order valence-electron chi connectivity index (χ4n) is 3.95. The number of β-amino-alcohol motifs (C(OH)–C–C–N with tert-alkyl or cyclic N) is 1. The fourth-order valence-corrected chi connectivity index (χ4v) is 3.95. The summed E-state index contributed by atoms with van der Waals surface area (Å²) in [4.78, 5) is 16.8. The van der Waals surface area contributed by atoms with Crippen LogP contribution in [0.1, 0.15) is 23.2 Å². The van der Waals surface area contributed by atoms with Gasteiger partial charge in [-0.1, -0.05) is 42.5 Å². The highest BCUT2D eigenvalue weighted by Gasteiger charge is 2.16. The van der Waals surface area contributed by atoms with Gasteiger partial charge in [0.15, 0.2) is 11.5 Å². The minimum atomic E-state index is -0.115. The molecule has 6 heteroatoms. The van der Waals surface area contributed by atoms with Gasteiger partial charge < -0.3 is 24.4 Å². The van der Waals surface area contributed by atoms with Crippen LogP contribution in [0.25, 0.3) is 11.1 Å². The van der Waals surface area contributed by atoms with Crippen molar-refractivity contribution in [3.05, 3.63) is 78.4 Å². The van der Waals surface area contributed by atoms with Gasteiger partial charge in [-0.2, -0.15) is 0 Å². The molecule has 34 heavy (non-hydrogen) atoms. The number of amides is 1. The van der Waals surface area contributed by atoms with Gasteiger partial charge in [-0.05, 0) is 67.4 Å². The molecule has 0 aromatic heterocycles. The number of hydrogen-bond donors (Lipinski definition) is 1. The van der Waals surface area contributed by atoms with Crippen molar-refractivity contribution in [3.8, 4) is 22.6 Å². The quantitative estimate of drug-likeness (QED) is 0.550. The summed E-state index contributed by atoms with van der Waals surface area (Å²) in [5, 5.41) is 8.48. The van der Waals surface area contributed by atoms with Crippen LogP contribution in [0.4, 0.5) is 5.69 Å². The van der Waals surface area contributed by atoms with E-state index in [1.807, 2.05) is 42.5 Å². The van der Waals surface area contributed by atoms with E-state index in [0.717, 1.165) is 23.4 Å². The van der Waals surface area contributed by atoms with Crippen molar-refractivity contribution in [1.29, 1.82) is 0 Å². The van der Waals surface area contributed by atoms with Crippen LogP contribution in [0.15, 0.2) is 72.8 Å². The van der Waals surface area contributed by atoms with Gasteiger partial charge in [0.2, 0.25) is 0 Å². The van der Waals surface area contributed by atoms with Crippen molar-refractivity contribution in [3.63, 3.8) is 0 Å². The molecular formula is C28H34N2O4. The highest BCUT2D eigenvalue weighted by Crippen LogP contribution is 2.29. The number of hydrogen-bond acceptors (Lipinski definition) is 5. The van der Waals surface area contributed by atoms with E-state index in [0.29, 0.717) is 23.7 Å². The molecule has 0 atom stereocenters. The monoisotopic (exact) mass is 462 g/mol. The Balaban J connectivity index is 0.000000343. The number of ether oxygens (including phenoxy) is 2. The Kier molecular flexibility index (Phi) is 9.50. The number of carbonyl (C=O) groups is 1. The molecule has 3 aromatic rings. The Bertz CT molecular complexity index is 1050. The van der Waals surface area contributed by atoms with Crippen LogP contribution in [0.3, 0.4) is 0 Å². The van der Waals surface area contributed by atoms with Crippen molar-refractivity contribution >= 4 is 11.6 Å². The van der Waals surface area contributed by atoms with Crippen molar-refractivity contribution in [2.75, 3.05) is 52.4 Å². The first-order valence-electron chi connectivity index (χ1n) is 11.6. The number of benzene rings is 3. The van der Waals surface area contributed by atoms with E-state index >= 15 is 0 Å². The number of aliphatic hydroxyl groups excluding tert-OH is 1. The number of rotatable bonds is 7. The van der Waals surface area contributed by atoms with Gasteiger partial charge in [0, 0.05) is 24.8 Å². The summed E-state index contributed by atoms with van der Waals surface area (Å²) >= 11 is 0. The summed E-state index contributed by atoms with van der Waals surface area (Å²) in [7, 11) is 4.89. The molecule has 0 radical (unpaired) electrons. The number of methoxy groups -OCH3 is 2. The Morgan fingerprint density at radius 1 is 0.882 bits per heavy atom. The van der Waals surface area contributed by atoms with Gasteiger partial charge in [-0.25, -0.2) is 0 Å². The highest BCUT2D eigenvalue weighted by molar-refractivity contribution is 6.06. The topological polar surface area (TPSA) is 62.2 Å². The van der Waals surface area contributed by atoms with Crippen molar-refractivity contribution in [2.24, 2.45) is 0 Å². The molecule has 4 rings (SSSR count). The van der Waals surface area contributed by atoms with Gasteiger partial charge in [0.05, 0.1) is 20.8 Å². The second-order valence-corrected chi connectivity index (χ2v) is 8.12. The van der Waals surface area contributed by atoms with E-state index in [1.165, 1.54) is 25.9 Å².